The van der Waals surface area contributed by atoms with Gasteiger partial charge in [-0.05, 0) is 36.4 Å². The van der Waals surface area contributed by atoms with E-state index in [-0.39, 0.29) is 10.6 Å². The van der Waals surface area contributed by atoms with Crippen LogP contribution in [-0.2, 0) is 0 Å². The van der Waals surface area contributed by atoms with Gasteiger partial charge in [-0.25, -0.2) is 4.39 Å². The Labute approximate surface area is 120 Å². The number of nitriles is 1. The minimum absolute atomic E-state index is 0.140. The van der Waals surface area contributed by atoms with E-state index in [1.807, 2.05) is 6.07 Å². The van der Waals surface area contributed by atoms with E-state index in [0.717, 1.165) is 0 Å². The number of hydrogen-bond donors (Lipinski definition) is 1. The van der Waals surface area contributed by atoms with Crippen LogP contribution in [0.5, 0.6) is 0 Å². The second-order valence-electron chi connectivity index (χ2n) is 3.85. The lowest BCUT2D eigenvalue weighted by atomic mass is 10.1. The Kier molecular flexibility index (Phi) is 4.26. The molecular weight excluding hydrogens is 286 g/mol. The van der Waals surface area contributed by atoms with Crippen LogP contribution in [0.25, 0.3) is 0 Å². The van der Waals surface area contributed by atoms with Gasteiger partial charge in [-0.3, -0.25) is 0 Å². The number of nitrogens with one attached hydrogen (secondary N) is 1. The molecule has 1 unspecified atom stereocenters. The molecule has 0 aliphatic carbocycles. The predicted molar refractivity (Wildman–Crippen MR) is 74.8 cm³/mol. The van der Waals surface area contributed by atoms with Crippen LogP contribution in [0, 0.1) is 17.1 Å². The van der Waals surface area contributed by atoms with E-state index in [1.165, 1.54) is 12.1 Å². The van der Waals surface area contributed by atoms with E-state index in [2.05, 4.69) is 5.32 Å². The van der Waals surface area contributed by atoms with Crippen LogP contribution < -0.4 is 5.32 Å². The van der Waals surface area contributed by atoms with Crippen molar-refractivity contribution < 1.29 is 4.39 Å². The largest absolute Gasteiger partial charge is 0.366 e. The molecule has 0 fully saturated rings. The van der Waals surface area contributed by atoms with Gasteiger partial charge in [-0.1, -0.05) is 29.3 Å². The minimum atomic E-state index is -0.866. The summed E-state index contributed by atoms with van der Waals surface area (Å²) in [5.41, 5.74) is 0.803. The summed E-state index contributed by atoms with van der Waals surface area (Å²) in [6.45, 7) is 0. The molecule has 0 aromatic heterocycles. The molecule has 0 radical (unpaired) electrons. The monoisotopic (exact) mass is 294 g/mol. The van der Waals surface area contributed by atoms with Gasteiger partial charge in [0, 0.05) is 21.3 Å². The lowest BCUT2D eigenvalue weighted by Crippen LogP contribution is -2.11. The molecule has 19 heavy (non-hydrogen) atoms. The molecule has 0 saturated carbocycles. The lowest BCUT2D eigenvalue weighted by molar-refractivity contribution is 0.607. The molecule has 2 rings (SSSR count). The molecule has 1 N–H and O–H groups in total. The van der Waals surface area contributed by atoms with Crippen molar-refractivity contribution in [3.05, 3.63) is 63.9 Å². The topological polar surface area (TPSA) is 35.8 Å². The van der Waals surface area contributed by atoms with Crippen molar-refractivity contribution in [1.82, 2.24) is 0 Å². The van der Waals surface area contributed by atoms with Crippen molar-refractivity contribution >= 4 is 28.9 Å². The second kappa shape index (κ2) is 5.92. The summed E-state index contributed by atoms with van der Waals surface area (Å²) in [6.07, 6.45) is 0. The van der Waals surface area contributed by atoms with Gasteiger partial charge in [0.2, 0.25) is 0 Å². The quantitative estimate of drug-likeness (QED) is 0.882. The maximum Gasteiger partial charge on any atom is 0.144 e. The molecule has 0 aliphatic rings. The van der Waals surface area contributed by atoms with Gasteiger partial charge in [-0.15, -0.1) is 0 Å². The Bertz CT molecular complexity index is 600. The van der Waals surface area contributed by atoms with Crippen molar-refractivity contribution in [2.45, 2.75) is 6.04 Å². The number of benzene rings is 2. The molecule has 96 valence electrons. The van der Waals surface area contributed by atoms with E-state index in [4.69, 9.17) is 23.2 Å². The van der Waals surface area contributed by atoms with Gasteiger partial charge in [0.05, 0.1) is 6.07 Å². The van der Waals surface area contributed by atoms with Crippen LogP contribution in [0.1, 0.15) is 11.6 Å². The average Bonchev–Trinajstić information content (AvgIpc) is 2.39. The fraction of sp³-hybridized carbons (Fsp3) is 0.0714. The molecular formula is C14H9Cl2FN2. The summed E-state index contributed by atoms with van der Waals surface area (Å²) in [7, 11) is 0. The lowest BCUT2D eigenvalue weighted by Gasteiger charge is -2.15. The molecule has 0 spiro atoms. The zero-order valence-corrected chi connectivity index (χ0v) is 11.2. The van der Waals surface area contributed by atoms with E-state index < -0.39 is 11.9 Å². The summed E-state index contributed by atoms with van der Waals surface area (Å²) in [5, 5.41) is 12.9. The summed E-state index contributed by atoms with van der Waals surface area (Å²) >= 11 is 11.7. The summed E-state index contributed by atoms with van der Waals surface area (Å²) in [5.74, 6) is -0.513. The SMILES string of the molecule is N#CC(Nc1ccc(Cl)cc1)c1c(F)cccc1Cl. The molecule has 1 atom stereocenters. The molecule has 2 aromatic carbocycles. The molecule has 0 aliphatic heterocycles. The second-order valence-corrected chi connectivity index (χ2v) is 4.69. The van der Waals surface area contributed by atoms with Crippen LogP contribution in [0.4, 0.5) is 10.1 Å². The Morgan fingerprint density at radius 2 is 1.79 bits per heavy atom. The van der Waals surface area contributed by atoms with Crippen molar-refractivity contribution in [3.63, 3.8) is 0 Å². The first-order valence-corrected chi connectivity index (χ1v) is 6.23. The molecule has 5 heteroatoms. The van der Waals surface area contributed by atoms with Gasteiger partial charge in [0.1, 0.15) is 11.9 Å². The third-order valence-electron chi connectivity index (χ3n) is 2.57. The molecule has 2 nitrogen and oxygen atoms in total. The first-order chi connectivity index (χ1) is 9.11. The average molecular weight is 295 g/mol. The molecule has 0 heterocycles. The third kappa shape index (κ3) is 3.17. The van der Waals surface area contributed by atoms with Crippen LogP contribution in [0.3, 0.4) is 0 Å². The zero-order chi connectivity index (χ0) is 13.8. The van der Waals surface area contributed by atoms with Crippen molar-refractivity contribution in [2.75, 3.05) is 5.32 Å². The number of hydrogen-bond acceptors (Lipinski definition) is 2. The first kappa shape index (κ1) is 13.7. The van der Waals surface area contributed by atoms with Gasteiger partial charge in [0.15, 0.2) is 0 Å². The van der Waals surface area contributed by atoms with Crippen LogP contribution >= 0.6 is 23.2 Å². The molecule has 0 amide bonds. The Morgan fingerprint density at radius 3 is 2.37 bits per heavy atom. The Balaban J connectivity index is 2.31. The van der Waals surface area contributed by atoms with Crippen LogP contribution in [0.2, 0.25) is 10.0 Å². The molecule has 0 saturated heterocycles. The maximum absolute atomic E-state index is 13.8. The summed E-state index contributed by atoms with van der Waals surface area (Å²) < 4.78 is 13.8. The predicted octanol–water partition coefficient (Wildman–Crippen LogP) is 4.81. The van der Waals surface area contributed by atoms with E-state index in [9.17, 15) is 9.65 Å². The van der Waals surface area contributed by atoms with Crippen molar-refractivity contribution in [3.8, 4) is 6.07 Å². The number of anilines is 1. The maximum atomic E-state index is 13.8. The highest BCUT2D eigenvalue weighted by Gasteiger charge is 2.18. The zero-order valence-electron chi connectivity index (χ0n) is 9.70. The summed E-state index contributed by atoms with van der Waals surface area (Å²) in [6, 6.07) is 12.2. The van der Waals surface area contributed by atoms with E-state index in [0.29, 0.717) is 10.7 Å². The van der Waals surface area contributed by atoms with Gasteiger partial charge < -0.3 is 5.32 Å². The highest BCUT2D eigenvalue weighted by Crippen LogP contribution is 2.28. The van der Waals surface area contributed by atoms with Gasteiger partial charge >= 0.3 is 0 Å². The standard InChI is InChI=1S/C14H9Cl2FN2/c15-9-4-6-10(7-5-9)19-13(8-18)14-11(16)2-1-3-12(14)17/h1-7,13,19H. The van der Waals surface area contributed by atoms with E-state index >= 15 is 0 Å². The third-order valence-corrected chi connectivity index (χ3v) is 3.15. The Hall–Kier alpha value is -1.76. The first-order valence-electron chi connectivity index (χ1n) is 5.47. The van der Waals surface area contributed by atoms with Crippen molar-refractivity contribution in [2.24, 2.45) is 0 Å². The van der Waals surface area contributed by atoms with Gasteiger partial charge in [0.25, 0.3) is 0 Å². The Morgan fingerprint density at radius 1 is 1.11 bits per heavy atom. The fourth-order valence-corrected chi connectivity index (χ4v) is 2.07. The number of nitrogens with zero attached hydrogens (tertiary/aromatic N) is 1. The normalized spacial score (nSPS) is 11.7. The highest BCUT2D eigenvalue weighted by molar-refractivity contribution is 6.31. The van der Waals surface area contributed by atoms with Crippen LogP contribution in [-0.4, -0.2) is 0 Å². The highest BCUT2D eigenvalue weighted by atomic mass is 35.5. The molecule has 2 aromatic rings. The van der Waals surface area contributed by atoms with Crippen LogP contribution in [0.15, 0.2) is 42.5 Å². The number of halogens is 3. The fourth-order valence-electron chi connectivity index (χ4n) is 1.67. The summed E-state index contributed by atoms with van der Waals surface area (Å²) in [4.78, 5) is 0. The smallest absolute Gasteiger partial charge is 0.144 e. The van der Waals surface area contributed by atoms with E-state index in [1.54, 1.807) is 30.3 Å². The molecule has 0 bridgehead atoms. The number of rotatable bonds is 3. The van der Waals surface area contributed by atoms with Crippen molar-refractivity contribution in [1.29, 1.82) is 5.26 Å². The van der Waals surface area contributed by atoms with Gasteiger partial charge in [-0.2, -0.15) is 5.26 Å². The minimum Gasteiger partial charge on any atom is -0.366 e.